The lowest BCUT2D eigenvalue weighted by atomic mass is 9.97. The van der Waals surface area contributed by atoms with Crippen molar-refractivity contribution in [1.82, 2.24) is 16.0 Å². The number of aliphatic carboxylic acids is 1. The topological polar surface area (TPSA) is 134 Å². The molecular weight excluding hydrogens is 378 g/mol. The van der Waals surface area contributed by atoms with Crippen molar-refractivity contribution in [2.75, 3.05) is 6.54 Å². The molecule has 0 aromatic heterocycles. The van der Waals surface area contributed by atoms with E-state index in [1.807, 2.05) is 13.8 Å². The van der Waals surface area contributed by atoms with Gasteiger partial charge >= 0.3 is 12.1 Å². The average molecular weight is 411 g/mol. The summed E-state index contributed by atoms with van der Waals surface area (Å²) in [6.45, 7) is 4.33. The van der Waals surface area contributed by atoms with Gasteiger partial charge in [-0.25, -0.2) is 9.59 Å². The monoisotopic (exact) mass is 411 g/mol. The lowest BCUT2D eigenvalue weighted by molar-refractivity contribution is -0.143. The first-order valence-corrected chi connectivity index (χ1v) is 10.5. The highest BCUT2D eigenvalue weighted by Crippen LogP contribution is 2.20. The number of hydrogen-bond acceptors (Lipinski definition) is 5. The first-order chi connectivity index (χ1) is 13.8. The van der Waals surface area contributed by atoms with Crippen molar-refractivity contribution in [2.24, 2.45) is 11.8 Å². The third-order valence-corrected chi connectivity index (χ3v) is 5.44. The third kappa shape index (κ3) is 7.55. The first kappa shape index (κ1) is 23.0. The van der Waals surface area contributed by atoms with E-state index in [1.165, 1.54) is 0 Å². The largest absolute Gasteiger partial charge is 0.480 e. The number of nitrogens with one attached hydrogen (secondary N) is 3. The molecule has 0 radical (unpaired) electrons. The lowest BCUT2D eigenvalue weighted by Crippen LogP contribution is -2.53. The molecule has 9 heteroatoms. The maximum atomic E-state index is 12.7. The van der Waals surface area contributed by atoms with Gasteiger partial charge in [0.1, 0.15) is 18.2 Å². The Morgan fingerprint density at radius 3 is 2.34 bits per heavy atom. The van der Waals surface area contributed by atoms with Crippen molar-refractivity contribution >= 4 is 23.9 Å². The van der Waals surface area contributed by atoms with Crippen LogP contribution in [0.5, 0.6) is 0 Å². The molecule has 1 saturated heterocycles. The van der Waals surface area contributed by atoms with Gasteiger partial charge in [-0.15, -0.1) is 0 Å². The lowest BCUT2D eigenvalue weighted by Gasteiger charge is -2.26. The molecule has 3 atom stereocenters. The molecule has 4 N–H and O–H groups in total. The van der Waals surface area contributed by atoms with Crippen LogP contribution in [0.25, 0.3) is 0 Å². The molecule has 0 spiro atoms. The summed E-state index contributed by atoms with van der Waals surface area (Å²) in [5, 5.41) is 17.2. The molecule has 164 valence electrons. The highest BCUT2D eigenvalue weighted by Gasteiger charge is 2.33. The van der Waals surface area contributed by atoms with Gasteiger partial charge in [0.05, 0.1) is 0 Å². The Bertz CT molecular complexity index is 603. The fraction of sp³-hybridized carbons (Fsp3) is 0.800. The zero-order valence-corrected chi connectivity index (χ0v) is 17.2. The Labute approximate surface area is 171 Å². The number of carbonyl (C=O) groups excluding carboxylic acids is 3. The van der Waals surface area contributed by atoms with Gasteiger partial charge in [-0.1, -0.05) is 20.3 Å². The number of carboxylic acids is 1. The summed E-state index contributed by atoms with van der Waals surface area (Å²) in [5.74, 6) is -2.32. The van der Waals surface area contributed by atoms with Gasteiger partial charge in [0.2, 0.25) is 11.8 Å². The molecule has 2 aliphatic rings. The van der Waals surface area contributed by atoms with Crippen molar-refractivity contribution in [3.8, 4) is 0 Å². The molecule has 29 heavy (non-hydrogen) atoms. The number of carbonyl (C=O) groups is 4. The van der Waals surface area contributed by atoms with Crippen LogP contribution in [-0.4, -0.2) is 53.7 Å². The second kappa shape index (κ2) is 11.0. The minimum absolute atomic E-state index is 0.0217. The minimum Gasteiger partial charge on any atom is -0.480 e. The fourth-order valence-electron chi connectivity index (χ4n) is 3.86. The summed E-state index contributed by atoms with van der Waals surface area (Å²) in [5.41, 5.74) is 0. The Morgan fingerprint density at radius 2 is 1.79 bits per heavy atom. The molecule has 1 aliphatic heterocycles. The van der Waals surface area contributed by atoms with Gasteiger partial charge in [0, 0.05) is 12.5 Å². The van der Waals surface area contributed by atoms with E-state index in [1.54, 1.807) is 0 Å². The quantitative estimate of drug-likeness (QED) is 0.455. The molecule has 0 bridgehead atoms. The van der Waals surface area contributed by atoms with Crippen LogP contribution in [0.1, 0.15) is 65.2 Å². The summed E-state index contributed by atoms with van der Waals surface area (Å²) in [4.78, 5) is 48.3. The van der Waals surface area contributed by atoms with Gasteiger partial charge in [0.15, 0.2) is 0 Å². The highest BCUT2D eigenvalue weighted by molar-refractivity contribution is 5.90. The van der Waals surface area contributed by atoms with Crippen molar-refractivity contribution in [3.05, 3.63) is 0 Å². The Hall–Kier alpha value is -2.32. The number of rotatable bonds is 9. The van der Waals surface area contributed by atoms with Crippen LogP contribution >= 0.6 is 0 Å². The van der Waals surface area contributed by atoms with Crippen LogP contribution in [0.15, 0.2) is 0 Å². The number of alkyl carbamates (subject to hydrolysis) is 1. The van der Waals surface area contributed by atoms with Gasteiger partial charge in [-0.2, -0.15) is 0 Å². The summed E-state index contributed by atoms with van der Waals surface area (Å²) >= 11 is 0. The second-order valence-corrected chi connectivity index (χ2v) is 8.40. The summed E-state index contributed by atoms with van der Waals surface area (Å²) in [6.07, 6.45) is 4.92. The molecule has 3 amide bonds. The van der Waals surface area contributed by atoms with E-state index in [0.29, 0.717) is 19.4 Å². The molecular formula is C20H33N3O6. The van der Waals surface area contributed by atoms with Gasteiger partial charge in [-0.3, -0.25) is 9.59 Å². The standard InChI is InChI=1S/C20H33N3O6/c1-12(2)10-15(23-20(28)29-14-6-4-3-5-7-14)18(25)22-16(19(26)27)11-13-8-9-21-17(13)24/h12-16H,3-11H2,1-2H3,(H,21,24)(H,22,25)(H,23,28)(H,26,27). The van der Waals surface area contributed by atoms with Crippen molar-refractivity contribution in [2.45, 2.75) is 83.4 Å². The number of amides is 3. The van der Waals surface area contributed by atoms with Crippen LogP contribution < -0.4 is 16.0 Å². The zero-order chi connectivity index (χ0) is 21.4. The van der Waals surface area contributed by atoms with Crippen molar-refractivity contribution < 1.29 is 29.0 Å². The Morgan fingerprint density at radius 1 is 1.10 bits per heavy atom. The Balaban J connectivity index is 1.95. The normalized spacial score (nSPS) is 21.9. The predicted octanol–water partition coefficient (Wildman–Crippen LogP) is 1.56. The minimum atomic E-state index is -1.20. The fourth-order valence-corrected chi connectivity index (χ4v) is 3.86. The molecule has 1 saturated carbocycles. The Kier molecular flexibility index (Phi) is 8.72. The van der Waals surface area contributed by atoms with Crippen LogP contribution in [0, 0.1) is 11.8 Å². The van der Waals surface area contributed by atoms with E-state index in [9.17, 15) is 24.3 Å². The number of hydrogen-bond donors (Lipinski definition) is 4. The van der Waals surface area contributed by atoms with Gasteiger partial charge < -0.3 is 25.8 Å². The average Bonchev–Trinajstić information content (AvgIpc) is 3.05. The number of carboxylic acid groups (broad SMARTS) is 1. The van der Waals surface area contributed by atoms with E-state index in [2.05, 4.69) is 16.0 Å². The van der Waals surface area contributed by atoms with Crippen LogP contribution in [0.4, 0.5) is 4.79 Å². The summed E-state index contributed by atoms with van der Waals surface area (Å²) in [6, 6.07) is -2.09. The zero-order valence-electron chi connectivity index (χ0n) is 17.2. The summed E-state index contributed by atoms with van der Waals surface area (Å²) < 4.78 is 5.43. The maximum absolute atomic E-state index is 12.7. The molecule has 9 nitrogen and oxygen atoms in total. The SMILES string of the molecule is CC(C)CC(NC(=O)OC1CCCCC1)C(=O)NC(CC1CCNC1=O)C(=O)O. The van der Waals surface area contributed by atoms with Gasteiger partial charge in [-0.05, 0) is 50.9 Å². The molecule has 0 aromatic carbocycles. The highest BCUT2D eigenvalue weighted by atomic mass is 16.6. The number of ether oxygens (including phenoxy) is 1. The van der Waals surface area contributed by atoms with Gasteiger partial charge in [0.25, 0.3) is 0 Å². The second-order valence-electron chi connectivity index (χ2n) is 8.40. The van der Waals surface area contributed by atoms with Crippen molar-refractivity contribution in [1.29, 1.82) is 0 Å². The van der Waals surface area contributed by atoms with Crippen LogP contribution in [-0.2, 0) is 19.1 Å². The van der Waals surface area contributed by atoms with E-state index in [0.717, 1.165) is 32.1 Å². The van der Waals surface area contributed by atoms with Crippen LogP contribution in [0.2, 0.25) is 0 Å². The van der Waals surface area contributed by atoms with E-state index in [4.69, 9.17) is 4.74 Å². The molecule has 1 heterocycles. The molecule has 3 unspecified atom stereocenters. The molecule has 1 aliphatic carbocycles. The molecule has 0 aromatic rings. The third-order valence-electron chi connectivity index (χ3n) is 5.44. The van der Waals surface area contributed by atoms with E-state index >= 15 is 0 Å². The predicted molar refractivity (Wildman–Crippen MR) is 105 cm³/mol. The summed E-state index contributed by atoms with van der Waals surface area (Å²) in [7, 11) is 0. The molecule has 2 fully saturated rings. The maximum Gasteiger partial charge on any atom is 0.408 e. The first-order valence-electron chi connectivity index (χ1n) is 10.5. The smallest absolute Gasteiger partial charge is 0.408 e. The van der Waals surface area contributed by atoms with Crippen LogP contribution in [0.3, 0.4) is 0 Å². The van der Waals surface area contributed by atoms with Crippen molar-refractivity contribution in [3.63, 3.8) is 0 Å². The molecule has 2 rings (SSSR count). The van der Waals surface area contributed by atoms with E-state index < -0.39 is 36.0 Å². The van der Waals surface area contributed by atoms with E-state index in [-0.39, 0.29) is 24.3 Å².